The Labute approximate surface area is 152 Å². The first-order chi connectivity index (χ1) is 12.4. The predicted octanol–water partition coefficient (Wildman–Crippen LogP) is 0.608. The number of aromatic nitrogens is 3. The summed E-state index contributed by atoms with van der Waals surface area (Å²) in [5, 5.41) is 8.21. The van der Waals surface area contributed by atoms with E-state index in [1.54, 1.807) is 13.2 Å². The molecule has 2 atom stereocenters. The predicted molar refractivity (Wildman–Crippen MR) is 92.5 cm³/mol. The van der Waals surface area contributed by atoms with Crippen LogP contribution in [0.2, 0.25) is 0 Å². The molecule has 0 radical (unpaired) electrons. The number of hydrogen-bond donors (Lipinski definition) is 0. The summed E-state index contributed by atoms with van der Waals surface area (Å²) < 4.78 is 38.1. The first kappa shape index (κ1) is 17.7. The highest BCUT2D eigenvalue weighted by Crippen LogP contribution is 2.30. The maximum Gasteiger partial charge on any atom is 0.211 e. The monoisotopic (exact) mass is 381 g/mol. The average molecular weight is 381 g/mol. The van der Waals surface area contributed by atoms with Crippen LogP contribution in [0.25, 0.3) is 0 Å². The number of fused-ring (bicyclic) bond motifs is 3. The normalized spacial score (nSPS) is 23.8. The molecule has 9 nitrogen and oxygen atoms in total. The van der Waals surface area contributed by atoms with Crippen LogP contribution in [0.5, 0.6) is 0 Å². The van der Waals surface area contributed by atoms with Crippen LogP contribution < -0.4 is 0 Å². The van der Waals surface area contributed by atoms with E-state index in [0.717, 1.165) is 31.0 Å². The van der Waals surface area contributed by atoms with Crippen molar-refractivity contribution in [3.05, 3.63) is 35.5 Å². The van der Waals surface area contributed by atoms with E-state index in [1.165, 1.54) is 10.6 Å². The van der Waals surface area contributed by atoms with Gasteiger partial charge >= 0.3 is 0 Å². The molecule has 0 saturated carbocycles. The standard InChI is InChI=1S/C16H23N5O4S/c1-19(26(2,22)23)8-13-3-4-14(25-13)9-20-6-5-16-15(10-20)21-12(11-24-16)7-17-18-21/h3-4,7,15-16H,5-6,8-11H2,1-2H3/t15-,16-/m0/s1. The fourth-order valence-electron chi connectivity index (χ4n) is 3.54. The Morgan fingerprint density at radius 1 is 1.35 bits per heavy atom. The lowest BCUT2D eigenvalue weighted by Crippen LogP contribution is -2.47. The number of hydrogen-bond acceptors (Lipinski definition) is 7. The minimum Gasteiger partial charge on any atom is -0.463 e. The van der Waals surface area contributed by atoms with Crippen LogP contribution in [-0.2, 0) is 34.5 Å². The van der Waals surface area contributed by atoms with Gasteiger partial charge in [-0.3, -0.25) is 4.90 Å². The minimum atomic E-state index is -3.22. The third-order valence-electron chi connectivity index (χ3n) is 5.05. The molecular formula is C16H23N5O4S. The number of ether oxygens (including phenoxy) is 1. The van der Waals surface area contributed by atoms with Gasteiger partial charge in [0.1, 0.15) is 11.5 Å². The molecule has 0 amide bonds. The summed E-state index contributed by atoms with van der Waals surface area (Å²) in [7, 11) is -1.68. The zero-order valence-corrected chi connectivity index (χ0v) is 15.7. The number of nitrogens with zero attached hydrogens (tertiary/aromatic N) is 5. The highest BCUT2D eigenvalue weighted by atomic mass is 32.2. The Hall–Kier alpha value is -1.75. The molecule has 4 rings (SSSR count). The van der Waals surface area contributed by atoms with Gasteiger partial charge in [0.25, 0.3) is 0 Å². The van der Waals surface area contributed by atoms with Crippen LogP contribution in [0.4, 0.5) is 0 Å². The molecule has 2 aromatic rings. The SMILES string of the molecule is CN(Cc1ccc(CN2CC[C@@H]3OCc4cnnn4[C@H]3C2)o1)S(C)(=O)=O. The maximum absolute atomic E-state index is 11.5. The summed E-state index contributed by atoms with van der Waals surface area (Å²) in [6.45, 7) is 3.23. The van der Waals surface area contributed by atoms with Crippen LogP contribution in [0.1, 0.15) is 29.7 Å². The molecule has 26 heavy (non-hydrogen) atoms. The van der Waals surface area contributed by atoms with E-state index in [1.807, 2.05) is 16.8 Å². The molecule has 142 valence electrons. The Kier molecular flexibility index (Phi) is 4.59. The molecule has 1 fully saturated rings. The Morgan fingerprint density at radius 2 is 2.15 bits per heavy atom. The second kappa shape index (κ2) is 6.76. The van der Waals surface area contributed by atoms with Gasteiger partial charge in [0.05, 0.1) is 50.0 Å². The van der Waals surface area contributed by atoms with Crippen LogP contribution in [0.3, 0.4) is 0 Å². The summed E-state index contributed by atoms with van der Waals surface area (Å²) in [6, 6.07) is 3.92. The van der Waals surface area contributed by atoms with Gasteiger partial charge in [-0.25, -0.2) is 13.1 Å². The van der Waals surface area contributed by atoms with Crippen molar-refractivity contribution >= 4 is 10.0 Å². The molecule has 2 aliphatic rings. The summed E-state index contributed by atoms with van der Waals surface area (Å²) in [4.78, 5) is 2.31. The summed E-state index contributed by atoms with van der Waals surface area (Å²) in [6.07, 6.45) is 4.06. The van der Waals surface area contributed by atoms with E-state index in [2.05, 4.69) is 15.2 Å². The summed E-state index contributed by atoms with van der Waals surface area (Å²) >= 11 is 0. The van der Waals surface area contributed by atoms with Crippen LogP contribution in [-0.4, -0.2) is 65.1 Å². The molecule has 2 aliphatic heterocycles. The lowest BCUT2D eigenvalue weighted by Gasteiger charge is -2.40. The van der Waals surface area contributed by atoms with Crippen molar-refractivity contribution in [1.82, 2.24) is 24.2 Å². The number of likely N-dealkylation sites (tertiary alicyclic amines) is 1. The fourth-order valence-corrected chi connectivity index (χ4v) is 3.90. The maximum atomic E-state index is 11.5. The molecule has 0 N–H and O–H groups in total. The fraction of sp³-hybridized carbons (Fsp3) is 0.625. The van der Waals surface area contributed by atoms with Gasteiger partial charge in [0.2, 0.25) is 10.0 Å². The molecule has 0 aromatic carbocycles. The second-order valence-corrected chi connectivity index (χ2v) is 9.09. The Balaban J connectivity index is 1.40. The van der Waals surface area contributed by atoms with Gasteiger partial charge in [-0.05, 0) is 18.6 Å². The van der Waals surface area contributed by atoms with Crippen molar-refractivity contribution in [2.45, 2.75) is 38.3 Å². The molecule has 1 saturated heterocycles. The summed E-state index contributed by atoms with van der Waals surface area (Å²) in [5.74, 6) is 1.47. The van der Waals surface area contributed by atoms with Crippen molar-refractivity contribution < 1.29 is 17.6 Å². The molecule has 0 unspecified atom stereocenters. The van der Waals surface area contributed by atoms with Gasteiger partial charge in [0, 0.05) is 20.1 Å². The highest BCUT2D eigenvalue weighted by molar-refractivity contribution is 7.88. The molecule has 10 heteroatoms. The lowest BCUT2D eigenvalue weighted by atomic mass is 10.0. The van der Waals surface area contributed by atoms with Crippen LogP contribution in [0, 0.1) is 0 Å². The zero-order valence-electron chi connectivity index (χ0n) is 14.9. The smallest absolute Gasteiger partial charge is 0.211 e. The van der Waals surface area contributed by atoms with Crippen molar-refractivity contribution in [3.63, 3.8) is 0 Å². The number of piperidine rings is 1. The first-order valence-corrected chi connectivity index (χ1v) is 10.5. The lowest BCUT2D eigenvalue weighted by molar-refractivity contribution is -0.0677. The van der Waals surface area contributed by atoms with Gasteiger partial charge in [-0.1, -0.05) is 5.21 Å². The van der Waals surface area contributed by atoms with Crippen LogP contribution >= 0.6 is 0 Å². The highest BCUT2D eigenvalue weighted by Gasteiger charge is 2.36. The Bertz CT molecular complexity index is 877. The van der Waals surface area contributed by atoms with E-state index in [-0.39, 0.29) is 18.7 Å². The molecule has 0 bridgehead atoms. The van der Waals surface area contributed by atoms with Gasteiger partial charge in [-0.2, -0.15) is 4.31 Å². The number of rotatable bonds is 5. The molecule has 4 heterocycles. The van der Waals surface area contributed by atoms with Crippen molar-refractivity contribution in [2.75, 3.05) is 26.4 Å². The van der Waals surface area contributed by atoms with Gasteiger partial charge in [0.15, 0.2) is 0 Å². The average Bonchev–Trinajstić information content (AvgIpc) is 3.23. The van der Waals surface area contributed by atoms with Crippen LogP contribution in [0.15, 0.2) is 22.7 Å². The second-order valence-electron chi connectivity index (χ2n) is 7.00. The third-order valence-corrected chi connectivity index (χ3v) is 6.32. The third kappa shape index (κ3) is 3.54. The zero-order chi connectivity index (χ0) is 18.3. The van der Waals surface area contributed by atoms with E-state index >= 15 is 0 Å². The number of furan rings is 1. The van der Waals surface area contributed by atoms with E-state index in [9.17, 15) is 8.42 Å². The topological polar surface area (TPSA) is 93.7 Å². The quantitative estimate of drug-likeness (QED) is 0.749. The van der Waals surface area contributed by atoms with Crippen molar-refractivity contribution in [3.8, 4) is 0 Å². The number of sulfonamides is 1. The first-order valence-electron chi connectivity index (χ1n) is 8.62. The van der Waals surface area contributed by atoms with Crippen molar-refractivity contribution in [2.24, 2.45) is 0 Å². The minimum absolute atomic E-state index is 0.167. The van der Waals surface area contributed by atoms with E-state index in [4.69, 9.17) is 9.15 Å². The Morgan fingerprint density at radius 3 is 2.96 bits per heavy atom. The largest absolute Gasteiger partial charge is 0.463 e. The van der Waals surface area contributed by atoms with E-state index < -0.39 is 10.0 Å². The molecule has 0 aliphatic carbocycles. The molecule has 2 aromatic heterocycles. The molecular weight excluding hydrogens is 358 g/mol. The van der Waals surface area contributed by atoms with Gasteiger partial charge < -0.3 is 9.15 Å². The summed E-state index contributed by atoms with van der Waals surface area (Å²) in [5.41, 5.74) is 1.01. The molecule has 0 spiro atoms. The van der Waals surface area contributed by atoms with E-state index in [0.29, 0.717) is 18.9 Å². The van der Waals surface area contributed by atoms with Gasteiger partial charge in [-0.15, -0.1) is 5.10 Å². The van der Waals surface area contributed by atoms with Crippen molar-refractivity contribution in [1.29, 1.82) is 0 Å².